The van der Waals surface area contributed by atoms with Crippen molar-refractivity contribution in [1.29, 1.82) is 0 Å². The highest BCUT2D eigenvalue weighted by Crippen LogP contribution is 2.46. The number of epoxide rings is 1. The highest BCUT2D eigenvalue weighted by Gasteiger charge is 2.61. The summed E-state index contributed by atoms with van der Waals surface area (Å²) in [4.78, 5) is 32.9. The van der Waals surface area contributed by atoms with E-state index in [1.165, 1.54) is 25.1 Å². The number of hydrogen-bond donors (Lipinski definition) is 1. The van der Waals surface area contributed by atoms with Crippen LogP contribution in [0, 0.1) is 5.92 Å². The third-order valence-corrected chi connectivity index (χ3v) is 7.97. The number of allylic oxidation sites excluding steroid dienone is 3. The molecule has 1 N–H and O–H groups in total. The highest BCUT2D eigenvalue weighted by atomic mass is 16.6. The first-order chi connectivity index (χ1) is 18.3. The minimum atomic E-state index is -0.905. The molecular formula is C29H38N4O5. The van der Waals surface area contributed by atoms with Gasteiger partial charge in [0.25, 0.3) is 0 Å². The Labute approximate surface area is 222 Å². The van der Waals surface area contributed by atoms with Crippen molar-refractivity contribution in [3.63, 3.8) is 0 Å². The first-order valence-corrected chi connectivity index (χ1v) is 13.6. The van der Waals surface area contributed by atoms with Gasteiger partial charge in [0, 0.05) is 12.5 Å². The number of benzene rings is 1. The molecule has 2 aromatic rings. The lowest BCUT2D eigenvalue weighted by atomic mass is 9.78. The Morgan fingerprint density at radius 3 is 2.66 bits per heavy atom. The van der Waals surface area contributed by atoms with Crippen LogP contribution in [0.4, 0.5) is 0 Å². The number of oxime groups is 1. The Hall–Kier alpha value is -3.17. The summed E-state index contributed by atoms with van der Waals surface area (Å²) >= 11 is 0. The van der Waals surface area contributed by atoms with E-state index in [1.54, 1.807) is 0 Å². The van der Waals surface area contributed by atoms with Gasteiger partial charge in [0.2, 0.25) is 0 Å². The van der Waals surface area contributed by atoms with Crippen LogP contribution in [0.15, 0.2) is 68.4 Å². The molecule has 3 heterocycles. The van der Waals surface area contributed by atoms with Crippen molar-refractivity contribution in [3.8, 4) is 0 Å². The van der Waals surface area contributed by atoms with Gasteiger partial charge in [0.1, 0.15) is 24.9 Å². The summed E-state index contributed by atoms with van der Waals surface area (Å²) < 4.78 is 10.1. The molecule has 3 aliphatic rings. The summed E-state index contributed by atoms with van der Waals surface area (Å²) in [7, 11) is 0. The van der Waals surface area contributed by atoms with E-state index in [-0.39, 0.29) is 23.8 Å². The zero-order valence-corrected chi connectivity index (χ0v) is 22.6. The van der Waals surface area contributed by atoms with Crippen molar-refractivity contribution in [2.75, 3.05) is 6.61 Å². The fraction of sp³-hybridized carbons (Fsp3) is 0.552. The van der Waals surface area contributed by atoms with Gasteiger partial charge < -0.3 is 14.7 Å². The summed E-state index contributed by atoms with van der Waals surface area (Å²) in [6.45, 7) is 8.94. The second-order valence-electron chi connectivity index (χ2n) is 10.8. The zero-order valence-electron chi connectivity index (χ0n) is 22.6. The standard InChI is InChI=1S/C29H38N4O5/c1-5-22(20-12-7-6-8-13-20)32-28(35)31-16-14-21-23(30-37-17-15-19(4)11-9-10-18(2)3)26-27(38-26)25(34)24(21)33(31)29(32)36/h6-8,10,12-13,15,21-22,24-27,34H,5,9,11,14,16-17H2,1-4H3/t21-,22+,24-,25+,26-,27+/m1/s1. The Bertz CT molecular complexity index is 1360. The number of rotatable bonds is 9. The molecule has 1 aromatic carbocycles. The van der Waals surface area contributed by atoms with Crippen LogP contribution in [0.1, 0.15) is 71.0 Å². The number of nitrogens with zero attached hydrogens (tertiary/aromatic N) is 4. The number of aliphatic hydroxyl groups excluding tert-OH is 1. The third-order valence-electron chi connectivity index (χ3n) is 7.97. The number of ether oxygens (including phenoxy) is 1. The quantitative estimate of drug-likeness (QED) is 0.235. The maximum absolute atomic E-state index is 13.8. The molecule has 0 radical (unpaired) electrons. The van der Waals surface area contributed by atoms with Crippen LogP contribution in [0.25, 0.3) is 0 Å². The Kier molecular flexibility index (Phi) is 7.59. The molecule has 9 nitrogen and oxygen atoms in total. The Morgan fingerprint density at radius 1 is 1.18 bits per heavy atom. The zero-order chi connectivity index (χ0) is 27.0. The number of aromatic nitrogens is 3. The largest absolute Gasteiger partial charge is 0.392 e. The minimum absolute atomic E-state index is 0.249. The van der Waals surface area contributed by atoms with Gasteiger partial charge in [0.05, 0.1) is 17.8 Å². The average molecular weight is 523 g/mol. The summed E-state index contributed by atoms with van der Waals surface area (Å²) in [5.74, 6) is -0.249. The van der Waals surface area contributed by atoms with Gasteiger partial charge >= 0.3 is 11.4 Å². The van der Waals surface area contributed by atoms with Gasteiger partial charge in [0.15, 0.2) is 0 Å². The van der Waals surface area contributed by atoms with E-state index < -0.39 is 23.9 Å². The van der Waals surface area contributed by atoms with Gasteiger partial charge in [-0.25, -0.2) is 23.5 Å². The summed E-state index contributed by atoms with van der Waals surface area (Å²) in [6.07, 6.45) is 5.71. The van der Waals surface area contributed by atoms with E-state index in [9.17, 15) is 14.7 Å². The predicted octanol–water partition coefficient (Wildman–Crippen LogP) is 3.58. The van der Waals surface area contributed by atoms with Crippen molar-refractivity contribution in [2.45, 2.75) is 90.3 Å². The maximum atomic E-state index is 13.8. The molecule has 1 saturated heterocycles. The van der Waals surface area contributed by atoms with Crippen LogP contribution in [0.5, 0.6) is 0 Å². The monoisotopic (exact) mass is 522 g/mol. The molecule has 204 valence electrons. The fourth-order valence-electron chi connectivity index (χ4n) is 5.95. The molecule has 1 aromatic heterocycles. The summed E-state index contributed by atoms with van der Waals surface area (Å²) in [5, 5.41) is 15.6. The second-order valence-corrected chi connectivity index (χ2v) is 10.8. The normalized spacial score (nSPS) is 27.8. The highest BCUT2D eigenvalue weighted by molar-refractivity contribution is 5.94. The molecule has 0 bridgehead atoms. The predicted molar refractivity (Wildman–Crippen MR) is 145 cm³/mol. The molecule has 1 saturated carbocycles. The topological polar surface area (TPSA) is 103 Å². The molecule has 6 atom stereocenters. The molecule has 1 aliphatic carbocycles. The van der Waals surface area contributed by atoms with Crippen LogP contribution >= 0.6 is 0 Å². The van der Waals surface area contributed by atoms with Crippen molar-refractivity contribution < 1.29 is 14.7 Å². The van der Waals surface area contributed by atoms with E-state index in [0.29, 0.717) is 31.7 Å². The maximum Gasteiger partial charge on any atom is 0.348 e. The van der Waals surface area contributed by atoms with Crippen molar-refractivity contribution >= 4 is 5.71 Å². The molecule has 0 unspecified atom stereocenters. The van der Waals surface area contributed by atoms with E-state index in [0.717, 1.165) is 18.4 Å². The first kappa shape index (κ1) is 26.4. The molecule has 0 spiro atoms. The van der Waals surface area contributed by atoms with Crippen LogP contribution < -0.4 is 11.4 Å². The first-order valence-electron chi connectivity index (χ1n) is 13.6. The second kappa shape index (κ2) is 10.9. The fourth-order valence-corrected chi connectivity index (χ4v) is 5.95. The lowest BCUT2D eigenvalue weighted by molar-refractivity contribution is 0.0326. The number of fused-ring (bicyclic) bond motifs is 4. The van der Waals surface area contributed by atoms with Gasteiger partial charge in [-0.15, -0.1) is 0 Å². The lowest BCUT2D eigenvalue weighted by Crippen LogP contribution is -2.53. The van der Waals surface area contributed by atoms with Crippen molar-refractivity contribution in [2.24, 2.45) is 11.1 Å². The Balaban J connectivity index is 1.40. The number of hydrogen-bond acceptors (Lipinski definition) is 6. The molecule has 5 rings (SSSR count). The molecule has 9 heteroatoms. The lowest BCUT2D eigenvalue weighted by Gasteiger charge is -2.38. The van der Waals surface area contributed by atoms with Gasteiger partial charge in [-0.2, -0.15) is 0 Å². The van der Waals surface area contributed by atoms with E-state index in [2.05, 4.69) is 32.0 Å². The molecule has 2 fully saturated rings. The molecular weight excluding hydrogens is 484 g/mol. The third kappa shape index (κ3) is 4.85. The van der Waals surface area contributed by atoms with Crippen LogP contribution in [-0.2, 0) is 16.1 Å². The van der Waals surface area contributed by atoms with Crippen molar-refractivity contribution in [1.82, 2.24) is 13.9 Å². The SMILES string of the molecule is CC[C@@H](c1ccccc1)n1c(=O)n2n(c1=O)[C@H]1[C@H](O)[C@@H]3O[C@@H]3C(=NOCC=C(C)CCC=C(C)C)[C@H]1CC2. The van der Waals surface area contributed by atoms with Crippen LogP contribution in [0.2, 0.25) is 0 Å². The van der Waals surface area contributed by atoms with Gasteiger partial charge in [-0.3, -0.25) is 0 Å². The minimum Gasteiger partial charge on any atom is -0.392 e. The summed E-state index contributed by atoms with van der Waals surface area (Å²) in [5.41, 5.74) is 3.41. The molecule has 2 aliphatic heterocycles. The van der Waals surface area contributed by atoms with Crippen LogP contribution in [-0.4, -0.2) is 49.7 Å². The van der Waals surface area contributed by atoms with Gasteiger partial charge in [-0.05, 0) is 58.1 Å². The number of aliphatic hydroxyl groups is 1. The molecule has 38 heavy (non-hydrogen) atoms. The van der Waals surface area contributed by atoms with E-state index >= 15 is 0 Å². The van der Waals surface area contributed by atoms with E-state index in [4.69, 9.17) is 9.57 Å². The Morgan fingerprint density at radius 2 is 1.95 bits per heavy atom. The smallest absolute Gasteiger partial charge is 0.348 e. The van der Waals surface area contributed by atoms with E-state index in [1.807, 2.05) is 43.3 Å². The van der Waals surface area contributed by atoms with Gasteiger partial charge in [-0.1, -0.05) is 59.6 Å². The van der Waals surface area contributed by atoms with Crippen molar-refractivity contribution in [3.05, 3.63) is 80.2 Å². The average Bonchev–Trinajstić information content (AvgIpc) is 3.67. The van der Waals surface area contributed by atoms with Crippen LogP contribution in [0.3, 0.4) is 0 Å². The summed E-state index contributed by atoms with van der Waals surface area (Å²) in [6, 6.07) is 8.58. The molecule has 0 amide bonds.